The zero-order valence-corrected chi connectivity index (χ0v) is 55.9. The first-order valence-electron chi connectivity index (χ1n) is 33.9. The fraction of sp³-hybridized carbons (Fsp3) is 0.875. The summed E-state index contributed by atoms with van der Waals surface area (Å²) < 4.78 is 11.1. The van der Waals surface area contributed by atoms with E-state index in [2.05, 4.69) is 13.8 Å². The van der Waals surface area contributed by atoms with Crippen molar-refractivity contribution < 1.29 is 78.5 Å². The standard InChI is InChI=1S/2C32H61N5O8/c2*1-3-4-5-6-7-8-9-10-11-12-13-14-15-33(2)28-45-32(44)27-37-22-20-35(25-30(40)41)18-16-34(24-29(38)39)17-19-36(21-23-37)26-31(42)43/h2*3-28H2,1-2H3,(H,38,39)(H,40,41)(H,42,43)/p-3. The van der Waals surface area contributed by atoms with Crippen molar-refractivity contribution in [1.82, 2.24) is 49.0 Å². The minimum Gasteiger partial charge on any atom is -0.549 e. The van der Waals surface area contributed by atoms with E-state index in [0.717, 1.165) is 38.8 Å². The van der Waals surface area contributed by atoms with E-state index in [1.54, 1.807) is 29.4 Å². The molecule has 2 saturated heterocycles. The Morgan fingerprint density at radius 3 is 0.667 bits per heavy atom. The molecule has 2 rings (SSSR count). The van der Waals surface area contributed by atoms with Crippen molar-refractivity contribution in [3.8, 4) is 0 Å². The average Bonchev–Trinajstić information content (AvgIpc) is 2.71. The molecule has 0 atom stereocenters. The minimum absolute atomic E-state index is 0.0133. The number of ether oxygens (including phenoxy) is 2. The number of carboxylic acid groups (broad SMARTS) is 6. The number of hydrogen-bond donors (Lipinski definition) is 3. The molecular weight excluding hydrogens is 1160 g/mol. The summed E-state index contributed by atoms with van der Waals surface area (Å²) in [7, 11) is 3.85. The zero-order valence-electron chi connectivity index (χ0n) is 55.9. The Hall–Kier alpha value is -4.64. The Balaban J connectivity index is 0.000000900. The largest absolute Gasteiger partial charge is 0.549 e. The van der Waals surface area contributed by atoms with E-state index in [1.165, 1.54) is 128 Å². The van der Waals surface area contributed by atoms with Crippen LogP contribution in [0.4, 0.5) is 0 Å². The molecule has 524 valence electrons. The summed E-state index contributed by atoms with van der Waals surface area (Å²) in [5.41, 5.74) is 0. The van der Waals surface area contributed by atoms with Gasteiger partial charge in [0.05, 0.1) is 50.6 Å². The first kappa shape index (κ1) is 83.4. The minimum atomic E-state index is -1.27. The van der Waals surface area contributed by atoms with E-state index in [1.807, 2.05) is 33.7 Å². The lowest BCUT2D eigenvalue weighted by molar-refractivity contribution is -0.308. The highest BCUT2D eigenvalue weighted by Gasteiger charge is 2.23. The van der Waals surface area contributed by atoms with Crippen molar-refractivity contribution in [2.75, 3.05) is 198 Å². The van der Waals surface area contributed by atoms with Crippen molar-refractivity contribution >= 4 is 47.8 Å². The molecule has 26 heteroatoms. The summed E-state index contributed by atoms with van der Waals surface area (Å²) in [6.07, 6.45) is 30.9. The van der Waals surface area contributed by atoms with E-state index in [0.29, 0.717) is 78.5 Å². The predicted molar refractivity (Wildman–Crippen MR) is 339 cm³/mol. The number of rotatable bonds is 46. The molecule has 26 nitrogen and oxygen atoms in total. The summed E-state index contributed by atoms with van der Waals surface area (Å²) in [6, 6.07) is 0. The van der Waals surface area contributed by atoms with Gasteiger partial charge in [0, 0.05) is 137 Å². The molecule has 2 aliphatic rings. The fourth-order valence-electron chi connectivity index (χ4n) is 10.9. The van der Waals surface area contributed by atoms with Crippen LogP contribution in [0.3, 0.4) is 0 Å². The topological polar surface area (TPSA) is 317 Å². The second-order valence-corrected chi connectivity index (χ2v) is 24.7. The molecule has 0 radical (unpaired) electrons. The third-order valence-electron chi connectivity index (χ3n) is 16.4. The van der Waals surface area contributed by atoms with Crippen molar-refractivity contribution in [2.45, 2.75) is 168 Å². The van der Waals surface area contributed by atoms with Crippen LogP contribution in [-0.2, 0) is 47.8 Å². The van der Waals surface area contributed by atoms with Gasteiger partial charge in [0.15, 0.2) is 0 Å². The molecule has 0 aliphatic carbocycles. The smallest absolute Gasteiger partial charge is 0.321 e. The molecule has 2 heterocycles. The predicted octanol–water partition coefficient (Wildman–Crippen LogP) is 1.19. The highest BCUT2D eigenvalue weighted by Crippen LogP contribution is 2.14. The Morgan fingerprint density at radius 1 is 0.300 bits per heavy atom. The van der Waals surface area contributed by atoms with Gasteiger partial charge in [-0.15, -0.1) is 0 Å². The van der Waals surface area contributed by atoms with Gasteiger partial charge in [0.2, 0.25) is 0 Å². The second-order valence-electron chi connectivity index (χ2n) is 24.7. The zero-order chi connectivity index (χ0) is 66.6. The molecule has 0 saturated carbocycles. The molecule has 0 unspecified atom stereocenters. The number of unbranched alkanes of at least 4 members (excludes halogenated alkanes) is 22. The lowest BCUT2D eigenvalue weighted by Crippen LogP contribution is -2.51. The lowest BCUT2D eigenvalue weighted by atomic mass is 10.1. The summed E-state index contributed by atoms with van der Waals surface area (Å²) in [5, 5.41) is 61.9. The maximum absolute atomic E-state index is 12.8. The Morgan fingerprint density at radius 2 is 0.478 bits per heavy atom. The second kappa shape index (κ2) is 54.9. The monoisotopic (exact) mass is 1280 g/mol. The van der Waals surface area contributed by atoms with Gasteiger partial charge in [-0.1, -0.05) is 155 Å². The third kappa shape index (κ3) is 50.9. The molecule has 0 bridgehead atoms. The Kier molecular flexibility index (Phi) is 50.8. The average molecular weight is 1280 g/mol. The van der Waals surface area contributed by atoms with E-state index in [9.17, 15) is 69.0 Å². The van der Waals surface area contributed by atoms with E-state index in [4.69, 9.17) is 9.47 Å². The van der Waals surface area contributed by atoms with Crippen LogP contribution >= 0.6 is 0 Å². The van der Waals surface area contributed by atoms with Gasteiger partial charge in [-0.2, -0.15) is 0 Å². The van der Waals surface area contributed by atoms with Gasteiger partial charge < -0.3 is 54.5 Å². The number of hydrogen-bond acceptors (Lipinski definition) is 23. The molecule has 0 amide bonds. The molecule has 2 fully saturated rings. The summed E-state index contributed by atoms with van der Waals surface area (Å²) in [4.78, 5) is 111. The maximum atomic E-state index is 12.8. The first-order chi connectivity index (χ1) is 43.2. The number of carbonyl (C=O) groups excluding carboxylic acids is 5. The Labute approximate surface area is 539 Å². The van der Waals surface area contributed by atoms with E-state index >= 15 is 0 Å². The highest BCUT2D eigenvalue weighted by atomic mass is 16.5. The molecule has 2 aliphatic heterocycles. The number of carbonyl (C=O) groups is 8. The van der Waals surface area contributed by atoms with Crippen LogP contribution in [0.1, 0.15) is 168 Å². The van der Waals surface area contributed by atoms with Crippen LogP contribution in [-0.4, -0.2) is 310 Å². The van der Waals surface area contributed by atoms with Crippen molar-refractivity contribution in [3.63, 3.8) is 0 Å². The van der Waals surface area contributed by atoms with Gasteiger partial charge in [0.1, 0.15) is 13.5 Å². The van der Waals surface area contributed by atoms with Gasteiger partial charge in [-0.05, 0) is 26.9 Å². The van der Waals surface area contributed by atoms with Crippen molar-refractivity contribution in [3.05, 3.63) is 0 Å². The highest BCUT2D eigenvalue weighted by molar-refractivity contribution is 5.72. The van der Waals surface area contributed by atoms with Crippen LogP contribution in [0, 0.1) is 0 Å². The van der Waals surface area contributed by atoms with E-state index in [-0.39, 0.29) is 98.0 Å². The summed E-state index contributed by atoms with van der Waals surface area (Å²) in [6.45, 7) is 9.94. The molecular formula is C64H119N10O16-3. The molecule has 0 spiro atoms. The SMILES string of the molecule is CCCCCCCCCCCCCCN(C)COC(=O)CN1CCN(CC(=O)O)CCN(CC(=O)O)CCN(CC(=O)O)CC1.CCCCCCCCCCCCCCN(C)COC(=O)CN1CCN(CC(=O)[O-])CCN(CC(=O)[O-])CCN(CC(=O)[O-])CC1. The molecule has 90 heavy (non-hydrogen) atoms. The summed E-state index contributed by atoms with van der Waals surface area (Å²) >= 11 is 0. The van der Waals surface area contributed by atoms with Crippen molar-refractivity contribution in [1.29, 1.82) is 0 Å². The van der Waals surface area contributed by atoms with Crippen LogP contribution in [0.15, 0.2) is 0 Å². The number of carboxylic acids is 6. The molecule has 0 aromatic rings. The molecule has 0 aromatic carbocycles. The van der Waals surface area contributed by atoms with Crippen LogP contribution in [0.5, 0.6) is 0 Å². The third-order valence-corrected chi connectivity index (χ3v) is 16.4. The van der Waals surface area contributed by atoms with Gasteiger partial charge >= 0.3 is 29.8 Å². The van der Waals surface area contributed by atoms with E-state index < -0.39 is 41.8 Å². The number of aliphatic carboxylic acids is 6. The first-order valence-corrected chi connectivity index (χ1v) is 33.9. The van der Waals surface area contributed by atoms with Gasteiger partial charge in [-0.25, -0.2) is 0 Å². The van der Waals surface area contributed by atoms with Crippen LogP contribution < -0.4 is 15.3 Å². The number of esters is 2. The van der Waals surface area contributed by atoms with Crippen molar-refractivity contribution in [2.24, 2.45) is 0 Å². The molecule has 3 N–H and O–H groups in total. The normalized spacial score (nSPS) is 16.7. The van der Waals surface area contributed by atoms with Crippen LogP contribution in [0.2, 0.25) is 0 Å². The van der Waals surface area contributed by atoms with Crippen LogP contribution in [0.25, 0.3) is 0 Å². The Bertz CT molecular complexity index is 1730. The lowest BCUT2D eigenvalue weighted by Gasteiger charge is -2.34. The quantitative estimate of drug-likeness (QED) is 0.0438. The summed E-state index contributed by atoms with van der Waals surface area (Å²) in [5.74, 6) is -7.55. The maximum Gasteiger partial charge on any atom is 0.321 e. The van der Waals surface area contributed by atoms with Gasteiger partial charge in [0.25, 0.3) is 0 Å². The van der Waals surface area contributed by atoms with Gasteiger partial charge in [-0.3, -0.25) is 73.0 Å². The number of nitrogens with zero attached hydrogens (tertiary/aromatic N) is 10. The molecule has 0 aromatic heterocycles. The fourth-order valence-corrected chi connectivity index (χ4v) is 10.9.